The third-order valence-corrected chi connectivity index (χ3v) is 4.45. The smallest absolute Gasteiger partial charge is 0.307 e. The van der Waals surface area contributed by atoms with E-state index < -0.39 is 5.97 Å². The molecule has 0 spiro atoms. The highest BCUT2D eigenvalue weighted by Gasteiger charge is 2.22. The molecule has 0 unspecified atom stereocenters. The molecule has 1 heterocycles. The largest absolute Gasteiger partial charge is 0.481 e. The highest BCUT2D eigenvalue weighted by atomic mass is 32.1. The minimum atomic E-state index is -0.879. The summed E-state index contributed by atoms with van der Waals surface area (Å²) in [5.74, 6) is -0.879. The molecule has 0 fully saturated rings. The van der Waals surface area contributed by atoms with Gasteiger partial charge < -0.3 is 5.11 Å². The van der Waals surface area contributed by atoms with Crippen molar-refractivity contribution in [2.45, 2.75) is 25.8 Å². The molecular weight excluding hydrogens is 262 g/mol. The standard InChI is InChI=1S/C14H13NO3S/c16-12(17)7-8-15-13-10-4-2-1-3-9(10)5-6-11(13)19-14(15)18/h1-4H,5-8H2,(H,16,17). The number of hydrogen-bond donors (Lipinski definition) is 1. The number of aliphatic carboxylic acids is 1. The van der Waals surface area contributed by atoms with E-state index in [4.69, 9.17) is 5.11 Å². The SMILES string of the molecule is O=C(O)CCn1c2c(sc1=O)CCc1ccccc1-2. The van der Waals surface area contributed by atoms with Gasteiger partial charge in [-0.1, -0.05) is 35.6 Å². The highest BCUT2D eigenvalue weighted by molar-refractivity contribution is 7.09. The second-order valence-corrected chi connectivity index (χ2v) is 5.64. The maximum atomic E-state index is 12.0. The van der Waals surface area contributed by atoms with Crippen molar-refractivity contribution in [3.8, 4) is 11.3 Å². The van der Waals surface area contributed by atoms with E-state index in [-0.39, 0.29) is 17.8 Å². The molecule has 2 aromatic rings. The lowest BCUT2D eigenvalue weighted by atomic mass is 9.93. The second-order valence-electron chi connectivity index (χ2n) is 4.59. The first-order valence-electron chi connectivity index (χ1n) is 6.19. The summed E-state index contributed by atoms with van der Waals surface area (Å²) in [5.41, 5.74) is 3.24. The van der Waals surface area contributed by atoms with Crippen molar-refractivity contribution in [2.24, 2.45) is 0 Å². The summed E-state index contributed by atoms with van der Waals surface area (Å²) in [7, 11) is 0. The van der Waals surface area contributed by atoms with Gasteiger partial charge in [-0.25, -0.2) is 0 Å². The van der Waals surface area contributed by atoms with E-state index in [1.54, 1.807) is 4.57 Å². The summed E-state index contributed by atoms with van der Waals surface area (Å²) < 4.78 is 1.62. The first-order valence-corrected chi connectivity index (χ1v) is 7.01. The van der Waals surface area contributed by atoms with Gasteiger partial charge in [0.15, 0.2) is 0 Å². The molecule has 5 heteroatoms. The fourth-order valence-electron chi connectivity index (χ4n) is 2.54. The van der Waals surface area contributed by atoms with Crippen LogP contribution in [0.4, 0.5) is 0 Å². The normalized spacial score (nSPS) is 12.8. The molecule has 1 aliphatic rings. The summed E-state index contributed by atoms with van der Waals surface area (Å²) in [6, 6.07) is 8.03. The first kappa shape index (κ1) is 12.2. The molecule has 19 heavy (non-hydrogen) atoms. The maximum absolute atomic E-state index is 12.0. The van der Waals surface area contributed by atoms with Crippen LogP contribution in [0.1, 0.15) is 16.9 Å². The number of aromatic nitrogens is 1. The first-order chi connectivity index (χ1) is 9.16. The Balaban J connectivity index is 2.12. The Morgan fingerprint density at radius 3 is 2.89 bits per heavy atom. The van der Waals surface area contributed by atoms with Gasteiger partial charge in [-0.15, -0.1) is 0 Å². The Bertz CT molecular complexity index is 699. The zero-order valence-electron chi connectivity index (χ0n) is 10.3. The summed E-state index contributed by atoms with van der Waals surface area (Å²) in [6.45, 7) is 0.244. The number of hydrogen-bond acceptors (Lipinski definition) is 3. The fraction of sp³-hybridized carbons (Fsp3) is 0.286. The predicted molar refractivity (Wildman–Crippen MR) is 73.7 cm³/mol. The molecule has 0 atom stereocenters. The van der Waals surface area contributed by atoms with Crippen LogP contribution in [0.3, 0.4) is 0 Å². The Morgan fingerprint density at radius 1 is 1.32 bits per heavy atom. The Kier molecular flexibility index (Phi) is 2.98. The molecule has 1 aliphatic carbocycles. The predicted octanol–water partition coefficient (Wildman–Crippen LogP) is 2.15. The molecule has 0 saturated carbocycles. The number of benzene rings is 1. The summed E-state index contributed by atoms with van der Waals surface area (Å²) >= 11 is 1.25. The minimum absolute atomic E-state index is 0.0226. The lowest BCUT2D eigenvalue weighted by Gasteiger charge is -2.18. The number of rotatable bonds is 3. The van der Waals surface area contributed by atoms with E-state index in [0.29, 0.717) is 0 Å². The second kappa shape index (κ2) is 4.66. The maximum Gasteiger partial charge on any atom is 0.307 e. The van der Waals surface area contributed by atoms with Crippen LogP contribution in [0, 0.1) is 0 Å². The lowest BCUT2D eigenvalue weighted by Crippen LogP contribution is -2.17. The van der Waals surface area contributed by atoms with E-state index in [1.807, 2.05) is 18.2 Å². The van der Waals surface area contributed by atoms with Crippen molar-refractivity contribution in [1.29, 1.82) is 0 Å². The number of carboxylic acid groups (broad SMARTS) is 1. The van der Waals surface area contributed by atoms with Crippen molar-refractivity contribution >= 4 is 17.3 Å². The molecule has 4 nitrogen and oxygen atoms in total. The van der Waals surface area contributed by atoms with Crippen LogP contribution in [0.15, 0.2) is 29.1 Å². The van der Waals surface area contributed by atoms with E-state index in [9.17, 15) is 9.59 Å². The van der Waals surface area contributed by atoms with Gasteiger partial charge in [0.2, 0.25) is 0 Å². The third-order valence-electron chi connectivity index (χ3n) is 3.41. The molecule has 0 bridgehead atoms. The van der Waals surface area contributed by atoms with Crippen LogP contribution >= 0.6 is 11.3 Å². The average molecular weight is 275 g/mol. The summed E-state index contributed by atoms with van der Waals surface area (Å²) in [4.78, 5) is 23.7. The highest BCUT2D eigenvalue weighted by Crippen LogP contribution is 2.34. The molecule has 0 saturated heterocycles. The van der Waals surface area contributed by atoms with Crippen LogP contribution in [-0.4, -0.2) is 15.6 Å². The van der Waals surface area contributed by atoms with Crippen molar-refractivity contribution in [3.63, 3.8) is 0 Å². The number of thiazole rings is 1. The van der Waals surface area contributed by atoms with Crippen LogP contribution in [0.25, 0.3) is 11.3 Å². The Morgan fingerprint density at radius 2 is 2.11 bits per heavy atom. The van der Waals surface area contributed by atoms with Crippen molar-refractivity contribution in [1.82, 2.24) is 4.57 Å². The third kappa shape index (κ3) is 2.10. The van der Waals surface area contributed by atoms with Crippen molar-refractivity contribution in [2.75, 3.05) is 0 Å². The zero-order valence-corrected chi connectivity index (χ0v) is 11.1. The van der Waals surface area contributed by atoms with Gasteiger partial charge in [0.05, 0.1) is 12.1 Å². The monoisotopic (exact) mass is 275 g/mol. The fourth-order valence-corrected chi connectivity index (χ4v) is 3.57. The van der Waals surface area contributed by atoms with E-state index in [0.717, 1.165) is 29.0 Å². The van der Waals surface area contributed by atoms with Crippen molar-refractivity contribution in [3.05, 3.63) is 44.4 Å². The number of fused-ring (bicyclic) bond motifs is 3. The number of carbonyl (C=O) groups is 1. The summed E-state index contributed by atoms with van der Waals surface area (Å²) in [6.07, 6.45) is 1.79. The van der Waals surface area contributed by atoms with Crippen LogP contribution in [0.5, 0.6) is 0 Å². The lowest BCUT2D eigenvalue weighted by molar-refractivity contribution is -0.137. The minimum Gasteiger partial charge on any atom is -0.481 e. The molecule has 0 amide bonds. The van der Waals surface area contributed by atoms with E-state index in [2.05, 4.69) is 6.07 Å². The van der Waals surface area contributed by atoms with E-state index >= 15 is 0 Å². The number of nitrogens with zero attached hydrogens (tertiary/aromatic N) is 1. The van der Waals surface area contributed by atoms with Gasteiger partial charge in [-0.05, 0) is 18.4 Å². The molecular formula is C14H13NO3S. The quantitative estimate of drug-likeness (QED) is 0.933. The van der Waals surface area contributed by atoms with E-state index in [1.165, 1.54) is 16.9 Å². The average Bonchev–Trinajstić information content (AvgIpc) is 2.72. The molecule has 3 rings (SSSR count). The van der Waals surface area contributed by atoms with Crippen molar-refractivity contribution < 1.29 is 9.90 Å². The van der Waals surface area contributed by atoms with Crippen LogP contribution < -0.4 is 4.87 Å². The Hall–Kier alpha value is -1.88. The van der Waals surface area contributed by atoms with Gasteiger partial charge in [-0.3, -0.25) is 14.2 Å². The molecule has 0 radical (unpaired) electrons. The molecule has 1 N–H and O–H groups in total. The molecule has 98 valence electrons. The topological polar surface area (TPSA) is 59.3 Å². The van der Waals surface area contributed by atoms with Gasteiger partial charge in [0, 0.05) is 17.0 Å². The van der Waals surface area contributed by atoms with Gasteiger partial charge in [0.1, 0.15) is 0 Å². The molecule has 1 aromatic carbocycles. The van der Waals surface area contributed by atoms with Gasteiger partial charge >= 0.3 is 10.8 Å². The van der Waals surface area contributed by atoms with Crippen LogP contribution in [0.2, 0.25) is 0 Å². The van der Waals surface area contributed by atoms with Crippen LogP contribution in [-0.2, 0) is 24.2 Å². The number of carboxylic acids is 1. The number of aryl methyl sites for hydroxylation is 2. The summed E-state index contributed by atoms with van der Waals surface area (Å²) in [5, 5.41) is 8.79. The van der Waals surface area contributed by atoms with Gasteiger partial charge in [-0.2, -0.15) is 0 Å². The molecule has 0 aliphatic heterocycles. The molecule has 1 aromatic heterocycles. The Labute approximate surface area is 113 Å². The zero-order chi connectivity index (χ0) is 13.4. The van der Waals surface area contributed by atoms with Gasteiger partial charge in [0.25, 0.3) is 0 Å².